The van der Waals surface area contributed by atoms with Crippen LogP contribution in [0.2, 0.25) is 0 Å². The van der Waals surface area contributed by atoms with Gasteiger partial charge in [0, 0.05) is 10.9 Å². The van der Waals surface area contributed by atoms with Crippen LogP contribution in [0.15, 0.2) is 51.7 Å². The molecule has 0 aliphatic heterocycles. The van der Waals surface area contributed by atoms with Crippen LogP contribution >= 0.6 is 8.58 Å². The van der Waals surface area contributed by atoms with Gasteiger partial charge in [0.25, 0.3) is 0 Å². The van der Waals surface area contributed by atoms with E-state index in [0.717, 1.165) is 34.9 Å². The number of hydrogen-bond acceptors (Lipinski definition) is 2. The lowest BCUT2D eigenvalue weighted by molar-refractivity contribution is 0.560. The first-order chi connectivity index (χ1) is 11.2. The number of rotatable bonds is 4. The number of hydrogen-bond donors (Lipinski definition) is 0. The van der Waals surface area contributed by atoms with Crippen LogP contribution < -0.4 is 10.9 Å². The van der Waals surface area contributed by atoms with Crippen molar-refractivity contribution in [3.8, 4) is 11.1 Å². The van der Waals surface area contributed by atoms with E-state index in [1.165, 1.54) is 10.9 Å². The van der Waals surface area contributed by atoms with Crippen molar-refractivity contribution >= 4 is 24.9 Å². The summed E-state index contributed by atoms with van der Waals surface area (Å²) in [4.78, 5) is 12.5. The predicted octanol–water partition coefficient (Wildman–Crippen LogP) is 4.52. The Morgan fingerprint density at radius 3 is 2.35 bits per heavy atom. The Hall–Kier alpha value is -1.92. The Morgan fingerprint density at radius 2 is 1.74 bits per heavy atom. The number of benzene rings is 2. The third-order valence-corrected chi connectivity index (χ3v) is 5.31. The molecule has 23 heavy (non-hydrogen) atoms. The zero-order valence-corrected chi connectivity index (χ0v) is 14.8. The van der Waals surface area contributed by atoms with Crippen LogP contribution in [-0.2, 0) is 12.8 Å². The van der Waals surface area contributed by atoms with Gasteiger partial charge in [-0.05, 0) is 42.0 Å². The maximum absolute atomic E-state index is 12.5. The molecule has 1 atom stereocenters. The van der Waals surface area contributed by atoms with Gasteiger partial charge in [-0.25, -0.2) is 4.79 Å². The molecule has 0 amide bonds. The molecule has 3 rings (SSSR count). The summed E-state index contributed by atoms with van der Waals surface area (Å²) >= 11 is 0. The molecule has 1 unspecified atom stereocenters. The Morgan fingerprint density at radius 1 is 1.00 bits per heavy atom. The van der Waals surface area contributed by atoms with E-state index in [9.17, 15) is 4.79 Å². The maximum Gasteiger partial charge on any atom is 0.344 e. The molecular formula is C20H21O2P. The van der Waals surface area contributed by atoms with Crippen molar-refractivity contribution in [2.75, 3.05) is 6.66 Å². The van der Waals surface area contributed by atoms with Crippen molar-refractivity contribution < 1.29 is 4.42 Å². The third kappa shape index (κ3) is 2.96. The Kier molecular flexibility index (Phi) is 4.63. The first-order valence-electron chi connectivity index (χ1n) is 8.04. The van der Waals surface area contributed by atoms with E-state index >= 15 is 0 Å². The zero-order chi connectivity index (χ0) is 16.4. The van der Waals surface area contributed by atoms with E-state index < -0.39 is 0 Å². The summed E-state index contributed by atoms with van der Waals surface area (Å²) in [6.07, 6.45) is 1.87. The molecule has 0 fully saturated rings. The summed E-state index contributed by atoms with van der Waals surface area (Å²) in [6, 6.07) is 14.3. The van der Waals surface area contributed by atoms with Gasteiger partial charge in [-0.15, -0.1) is 0 Å². The molecule has 3 aromatic rings. The molecule has 0 aliphatic rings. The van der Waals surface area contributed by atoms with Crippen molar-refractivity contribution in [2.24, 2.45) is 0 Å². The minimum atomic E-state index is -0.256. The molecule has 0 saturated carbocycles. The molecule has 118 valence electrons. The Bertz CT molecular complexity index is 892. The lowest BCUT2D eigenvalue weighted by Gasteiger charge is -2.10. The molecule has 0 aliphatic carbocycles. The molecule has 1 heterocycles. The maximum atomic E-state index is 12.5. The van der Waals surface area contributed by atoms with E-state index in [2.05, 4.69) is 44.8 Å². The minimum absolute atomic E-state index is 0.256. The summed E-state index contributed by atoms with van der Waals surface area (Å²) in [5, 5.41) is 2.28. The smallest absolute Gasteiger partial charge is 0.344 e. The van der Waals surface area contributed by atoms with Crippen LogP contribution in [0.5, 0.6) is 0 Å². The third-order valence-electron chi connectivity index (χ3n) is 4.30. The molecule has 1 aromatic heterocycles. The van der Waals surface area contributed by atoms with Crippen LogP contribution in [0.4, 0.5) is 0 Å². The van der Waals surface area contributed by atoms with E-state index in [0.29, 0.717) is 14.1 Å². The molecular weight excluding hydrogens is 303 g/mol. The highest BCUT2D eigenvalue weighted by Gasteiger charge is 2.12. The first-order valence-corrected chi connectivity index (χ1v) is 9.54. The lowest BCUT2D eigenvalue weighted by Crippen LogP contribution is -2.08. The SMILES string of the molecule is CCc1ccc(-c2cc3ccc(PC)c(CC)c3oc2=O)cc1. The average molecular weight is 324 g/mol. The molecule has 0 saturated heterocycles. The van der Waals surface area contributed by atoms with E-state index in [1.54, 1.807) is 0 Å². The molecule has 3 heteroatoms. The highest BCUT2D eigenvalue weighted by atomic mass is 31.1. The van der Waals surface area contributed by atoms with Crippen LogP contribution in [0, 0.1) is 0 Å². The molecule has 0 radical (unpaired) electrons. The van der Waals surface area contributed by atoms with Gasteiger partial charge in [0.1, 0.15) is 5.58 Å². The van der Waals surface area contributed by atoms with Gasteiger partial charge in [0.15, 0.2) is 0 Å². The molecule has 0 N–H and O–H groups in total. The second-order valence-electron chi connectivity index (χ2n) is 5.61. The first kappa shape index (κ1) is 16.0. The fraction of sp³-hybridized carbons (Fsp3) is 0.250. The van der Waals surface area contributed by atoms with Gasteiger partial charge in [0.2, 0.25) is 0 Å². The summed E-state index contributed by atoms with van der Waals surface area (Å²) < 4.78 is 5.72. The van der Waals surface area contributed by atoms with Crippen molar-refractivity contribution in [3.05, 3.63) is 64.0 Å². The van der Waals surface area contributed by atoms with E-state index in [4.69, 9.17) is 4.42 Å². The second-order valence-corrected chi connectivity index (χ2v) is 6.65. The largest absolute Gasteiger partial charge is 0.422 e. The molecule has 2 nitrogen and oxygen atoms in total. The molecule has 2 aromatic carbocycles. The zero-order valence-electron chi connectivity index (χ0n) is 13.8. The molecule has 0 spiro atoms. The van der Waals surface area contributed by atoms with Crippen molar-refractivity contribution in [2.45, 2.75) is 26.7 Å². The lowest BCUT2D eigenvalue weighted by atomic mass is 10.0. The van der Waals surface area contributed by atoms with E-state index in [-0.39, 0.29) is 5.63 Å². The Balaban J connectivity index is 2.20. The standard InChI is InChI=1S/C20H21O2P/c1-4-13-6-8-14(9-7-13)17-12-15-10-11-18(23-3)16(5-2)19(15)22-20(17)21/h6-12,23H,4-5H2,1-3H3. The normalized spacial score (nSPS) is 11.6. The van der Waals surface area contributed by atoms with Crippen LogP contribution in [0.25, 0.3) is 22.1 Å². The summed E-state index contributed by atoms with van der Waals surface area (Å²) in [7, 11) is 0.702. The van der Waals surface area contributed by atoms with Crippen molar-refractivity contribution in [3.63, 3.8) is 0 Å². The summed E-state index contributed by atoms with van der Waals surface area (Å²) in [5.74, 6) is 0. The van der Waals surface area contributed by atoms with Gasteiger partial charge in [-0.2, -0.15) is 0 Å². The van der Waals surface area contributed by atoms with E-state index in [1.807, 2.05) is 18.2 Å². The van der Waals surface area contributed by atoms with Gasteiger partial charge < -0.3 is 4.42 Å². The fourth-order valence-corrected chi connectivity index (χ4v) is 3.79. The number of fused-ring (bicyclic) bond motifs is 1. The van der Waals surface area contributed by atoms with Crippen molar-refractivity contribution in [1.82, 2.24) is 0 Å². The number of aryl methyl sites for hydroxylation is 2. The topological polar surface area (TPSA) is 30.2 Å². The highest BCUT2D eigenvalue weighted by molar-refractivity contribution is 7.46. The van der Waals surface area contributed by atoms with Crippen LogP contribution in [0.3, 0.4) is 0 Å². The monoisotopic (exact) mass is 324 g/mol. The van der Waals surface area contributed by atoms with Gasteiger partial charge in [-0.1, -0.05) is 58.8 Å². The average Bonchev–Trinajstić information content (AvgIpc) is 2.60. The van der Waals surface area contributed by atoms with Gasteiger partial charge >= 0.3 is 5.63 Å². The molecule has 0 bridgehead atoms. The fourth-order valence-electron chi connectivity index (χ4n) is 2.95. The second kappa shape index (κ2) is 6.68. The van der Waals surface area contributed by atoms with Crippen molar-refractivity contribution in [1.29, 1.82) is 0 Å². The summed E-state index contributed by atoms with van der Waals surface area (Å²) in [5.41, 5.74) is 4.46. The quantitative estimate of drug-likeness (QED) is 0.522. The predicted molar refractivity (Wildman–Crippen MR) is 101 cm³/mol. The van der Waals surface area contributed by atoms with Gasteiger partial charge in [0.05, 0.1) is 5.56 Å². The van der Waals surface area contributed by atoms with Gasteiger partial charge in [-0.3, -0.25) is 0 Å². The Labute approximate surface area is 138 Å². The highest BCUT2D eigenvalue weighted by Crippen LogP contribution is 2.25. The van der Waals surface area contributed by atoms with Crippen LogP contribution in [-0.4, -0.2) is 6.66 Å². The van der Waals surface area contributed by atoms with Crippen LogP contribution in [0.1, 0.15) is 25.0 Å². The minimum Gasteiger partial charge on any atom is -0.422 e. The summed E-state index contributed by atoms with van der Waals surface area (Å²) in [6.45, 7) is 6.38.